The summed E-state index contributed by atoms with van der Waals surface area (Å²) in [6, 6.07) is 0. The molecule has 0 amide bonds. The molecular weight excluding hydrogens is 533 g/mol. The molecule has 5 heterocycles. The topological polar surface area (TPSA) is 278 Å². The van der Waals surface area contributed by atoms with E-state index in [1.807, 2.05) is 0 Å². The first-order chi connectivity index (χ1) is 18.0. The Hall–Kier alpha value is -3.29. The first-order valence-electron chi connectivity index (χ1n) is 11.2. The lowest BCUT2D eigenvalue weighted by molar-refractivity contribution is -0.0565. The van der Waals surface area contributed by atoms with Crippen LogP contribution in [0.5, 0.6) is 0 Å². The van der Waals surface area contributed by atoms with E-state index in [2.05, 4.69) is 24.9 Å². The first kappa shape index (κ1) is 26.3. The number of nitrogens with one attached hydrogen (secondary N) is 1. The molecule has 2 aliphatic rings. The van der Waals surface area contributed by atoms with Gasteiger partial charge >= 0.3 is 13.5 Å². The van der Waals surface area contributed by atoms with Gasteiger partial charge in [-0.3, -0.25) is 28.0 Å². The quantitative estimate of drug-likeness (QED) is 0.154. The molecule has 8 N–H and O–H groups in total. The number of aliphatic hydroxyl groups excluding tert-OH is 2. The van der Waals surface area contributed by atoms with Crippen molar-refractivity contribution in [3.63, 3.8) is 0 Å². The Bertz CT molecular complexity index is 1490. The monoisotopic (exact) mass is 557 g/mol. The molecule has 3 aromatic rings. The van der Waals surface area contributed by atoms with Gasteiger partial charge in [0.15, 0.2) is 11.2 Å². The summed E-state index contributed by atoms with van der Waals surface area (Å²) in [6.07, 6.45) is -3.86. The number of phosphoric acid groups is 1. The lowest BCUT2D eigenvalue weighted by Crippen LogP contribution is -2.29. The average molecular weight is 557 g/mol. The zero-order chi connectivity index (χ0) is 27.2. The zero-order valence-electron chi connectivity index (χ0n) is 19.4. The summed E-state index contributed by atoms with van der Waals surface area (Å²) in [6.45, 7) is -1.13. The van der Waals surface area contributed by atoms with Crippen molar-refractivity contribution in [3.05, 3.63) is 33.5 Å². The molecule has 3 aromatic heterocycles. The van der Waals surface area contributed by atoms with E-state index in [-0.39, 0.29) is 35.9 Å². The van der Waals surface area contributed by atoms with E-state index in [1.165, 1.54) is 10.9 Å². The van der Waals surface area contributed by atoms with Crippen LogP contribution >= 0.6 is 7.82 Å². The highest BCUT2D eigenvalue weighted by Crippen LogP contribution is 2.49. The van der Waals surface area contributed by atoms with E-state index < -0.39 is 69.2 Å². The van der Waals surface area contributed by atoms with Gasteiger partial charge in [-0.05, 0) is 0 Å². The minimum absolute atomic E-state index is 0.0218. The third-order valence-corrected chi connectivity index (χ3v) is 7.06. The molecule has 0 aromatic carbocycles. The van der Waals surface area contributed by atoms with Crippen LogP contribution in [0.25, 0.3) is 11.2 Å². The average Bonchev–Trinajstić information content (AvgIpc) is 3.54. The summed E-state index contributed by atoms with van der Waals surface area (Å²) in [5.74, 6) is -0.369. The number of anilines is 2. The van der Waals surface area contributed by atoms with Gasteiger partial charge in [0.1, 0.15) is 37.1 Å². The molecule has 38 heavy (non-hydrogen) atoms. The molecule has 2 saturated heterocycles. The van der Waals surface area contributed by atoms with Crippen molar-refractivity contribution in [3.8, 4) is 0 Å². The smallest absolute Gasteiger partial charge is 0.394 e. The van der Waals surface area contributed by atoms with Gasteiger partial charge in [-0.2, -0.15) is 9.97 Å². The van der Waals surface area contributed by atoms with Crippen LogP contribution in [0.2, 0.25) is 0 Å². The summed E-state index contributed by atoms with van der Waals surface area (Å²) >= 11 is 0. The molecule has 0 spiro atoms. The van der Waals surface area contributed by atoms with Crippen molar-refractivity contribution in [2.24, 2.45) is 0 Å². The molecule has 7 atom stereocenters. The van der Waals surface area contributed by atoms with Crippen molar-refractivity contribution < 1.29 is 38.2 Å². The first-order valence-corrected chi connectivity index (χ1v) is 12.7. The van der Waals surface area contributed by atoms with Crippen LogP contribution < -0.4 is 22.7 Å². The molecule has 206 valence electrons. The number of fused-ring (bicyclic) bond motifs is 1. The number of hydrogen-bond donors (Lipinski definition) is 6. The largest absolute Gasteiger partial charge is 0.472 e. The molecule has 5 rings (SSSR count). The highest BCUT2D eigenvalue weighted by molar-refractivity contribution is 7.47. The highest BCUT2D eigenvalue weighted by Gasteiger charge is 2.43. The maximum Gasteiger partial charge on any atom is 0.472 e. The van der Waals surface area contributed by atoms with Crippen LogP contribution in [0, 0.1) is 0 Å². The van der Waals surface area contributed by atoms with Crippen molar-refractivity contribution in [2.45, 2.75) is 49.7 Å². The summed E-state index contributed by atoms with van der Waals surface area (Å²) in [5.41, 5.74) is 9.82. The number of imidazole rings is 1. The zero-order valence-corrected chi connectivity index (χ0v) is 20.3. The predicted molar refractivity (Wildman–Crippen MR) is 124 cm³/mol. The molecule has 0 radical (unpaired) electrons. The van der Waals surface area contributed by atoms with Crippen LogP contribution in [-0.2, 0) is 23.1 Å². The minimum atomic E-state index is -4.76. The van der Waals surface area contributed by atoms with E-state index in [9.17, 15) is 29.3 Å². The molecule has 0 saturated carbocycles. The number of nitrogen functional groups attached to an aromatic ring is 2. The second-order valence-corrected chi connectivity index (χ2v) is 9.97. The Morgan fingerprint density at radius 3 is 2.55 bits per heavy atom. The number of phosphoric ester groups is 1. The van der Waals surface area contributed by atoms with E-state index in [4.69, 9.17) is 30.0 Å². The van der Waals surface area contributed by atoms with Crippen LogP contribution in [0.4, 0.5) is 11.9 Å². The normalized spacial score (nSPS) is 29.1. The predicted octanol–water partition coefficient (Wildman–Crippen LogP) is -2.63. The number of aromatic nitrogens is 7. The van der Waals surface area contributed by atoms with Crippen molar-refractivity contribution in [1.29, 1.82) is 0 Å². The van der Waals surface area contributed by atoms with E-state index in [0.29, 0.717) is 0 Å². The van der Waals surface area contributed by atoms with Gasteiger partial charge in [-0.15, -0.1) is 0 Å². The summed E-state index contributed by atoms with van der Waals surface area (Å²) in [4.78, 5) is 51.9. The van der Waals surface area contributed by atoms with Crippen LogP contribution in [-0.4, -0.2) is 86.8 Å². The third-order valence-electron chi connectivity index (χ3n) is 6.05. The van der Waals surface area contributed by atoms with Gasteiger partial charge < -0.3 is 36.0 Å². The summed E-state index contributed by atoms with van der Waals surface area (Å²) in [7, 11) is -4.76. The Kier molecular flexibility index (Phi) is 7.01. The number of rotatable bonds is 8. The van der Waals surface area contributed by atoms with E-state index in [0.717, 1.165) is 10.9 Å². The number of H-pyrrole nitrogens is 1. The summed E-state index contributed by atoms with van der Waals surface area (Å²) in [5, 5.41) is 20.1. The molecule has 19 nitrogen and oxygen atoms in total. The second-order valence-electron chi connectivity index (χ2n) is 8.57. The van der Waals surface area contributed by atoms with Crippen molar-refractivity contribution >= 4 is 30.9 Å². The molecule has 2 aliphatic heterocycles. The Morgan fingerprint density at radius 2 is 1.82 bits per heavy atom. The number of aromatic amines is 1. The molecule has 0 bridgehead atoms. The Balaban J connectivity index is 1.22. The standard InChI is InChI=1S/C18H24N9O10P/c19-16-22-6-27(18(31)25-16)12-2-8(9(3-28)35-12)37-38(32,33)34-4-10-7(29)1-11(36-10)26-5-21-13-14(26)23-17(20)24-15(13)30/h5-12,28-29H,1-4H2,(H,32,33)(H2,19,25,31)(H3,20,23,24,30)/t7?,8?,9-,10-,11-,12+/m1/s1. The van der Waals surface area contributed by atoms with Crippen LogP contribution in [0.1, 0.15) is 25.3 Å². The molecular formula is C18H24N9O10P. The van der Waals surface area contributed by atoms with E-state index in [1.54, 1.807) is 0 Å². The van der Waals surface area contributed by atoms with Crippen molar-refractivity contribution in [1.82, 2.24) is 34.1 Å². The fourth-order valence-corrected chi connectivity index (χ4v) is 5.22. The Morgan fingerprint density at radius 1 is 1.11 bits per heavy atom. The highest BCUT2D eigenvalue weighted by atomic mass is 31.2. The summed E-state index contributed by atoms with van der Waals surface area (Å²) < 4.78 is 36.6. The van der Waals surface area contributed by atoms with Gasteiger partial charge in [-0.1, -0.05) is 0 Å². The molecule has 3 unspecified atom stereocenters. The molecule has 20 heteroatoms. The minimum Gasteiger partial charge on any atom is -0.394 e. The number of hydrogen-bond acceptors (Lipinski definition) is 15. The van der Waals surface area contributed by atoms with Gasteiger partial charge in [0.2, 0.25) is 11.9 Å². The maximum atomic E-state index is 12.7. The fraction of sp³-hybridized carbons (Fsp3) is 0.556. The fourth-order valence-electron chi connectivity index (χ4n) is 4.26. The SMILES string of the molecule is Nc1ncn([C@@H]2CC(OP(=O)(O)OC[C@H]3O[C@@H](n4cnc5c(=O)[nH]c(N)nc54)CC3O)[C@@H](CO)O2)c(=O)n1. The number of aliphatic hydroxyl groups is 2. The van der Waals surface area contributed by atoms with Crippen LogP contribution in [0.3, 0.4) is 0 Å². The van der Waals surface area contributed by atoms with Gasteiger partial charge in [-0.25, -0.2) is 19.3 Å². The van der Waals surface area contributed by atoms with Gasteiger partial charge in [0, 0.05) is 12.8 Å². The van der Waals surface area contributed by atoms with Crippen LogP contribution in [0.15, 0.2) is 22.2 Å². The molecule has 2 fully saturated rings. The lowest BCUT2D eigenvalue weighted by Gasteiger charge is -2.21. The molecule has 0 aliphatic carbocycles. The third kappa shape index (κ3) is 5.18. The second kappa shape index (κ2) is 10.1. The van der Waals surface area contributed by atoms with Gasteiger partial charge in [0.05, 0.1) is 25.6 Å². The number of ether oxygens (including phenoxy) is 2. The van der Waals surface area contributed by atoms with E-state index >= 15 is 0 Å². The van der Waals surface area contributed by atoms with Gasteiger partial charge in [0.25, 0.3) is 5.56 Å². The maximum absolute atomic E-state index is 12.7. The Labute approximate surface area is 211 Å². The number of nitrogens with two attached hydrogens (primary N) is 2. The lowest BCUT2D eigenvalue weighted by atomic mass is 10.2. The number of nitrogens with zero attached hydrogens (tertiary/aromatic N) is 6. The van der Waals surface area contributed by atoms with Crippen molar-refractivity contribution in [2.75, 3.05) is 24.7 Å².